The van der Waals surface area contributed by atoms with Crippen LogP contribution in [-0.2, 0) is 6.42 Å². The quantitative estimate of drug-likeness (QED) is 0.778. The molecule has 5 heteroatoms. The van der Waals surface area contributed by atoms with Crippen molar-refractivity contribution in [3.05, 3.63) is 57.4 Å². The first-order chi connectivity index (χ1) is 9.50. The first-order valence-corrected chi connectivity index (χ1v) is 6.31. The molecular weight excluding hydrogens is 258 g/mol. The highest BCUT2D eigenvalue weighted by Gasteiger charge is 2.28. The molecule has 0 spiro atoms. The Hall–Kier alpha value is -2.56. The van der Waals surface area contributed by atoms with Crippen LogP contribution in [0.1, 0.15) is 34.3 Å². The van der Waals surface area contributed by atoms with Crippen molar-refractivity contribution in [1.29, 1.82) is 0 Å². The van der Waals surface area contributed by atoms with Gasteiger partial charge in [0.05, 0.1) is 5.69 Å². The van der Waals surface area contributed by atoms with Crippen molar-refractivity contribution in [1.82, 2.24) is 4.73 Å². The summed E-state index contributed by atoms with van der Waals surface area (Å²) in [5, 5.41) is 19.1. The zero-order valence-corrected chi connectivity index (χ0v) is 10.8. The fourth-order valence-electron chi connectivity index (χ4n) is 2.79. The van der Waals surface area contributed by atoms with Crippen LogP contribution in [0.2, 0.25) is 0 Å². The average molecular weight is 271 g/mol. The molecule has 20 heavy (non-hydrogen) atoms. The third kappa shape index (κ3) is 1.63. The number of rotatable bonds is 1. The molecule has 0 saturated carbocycles. The van der Waals surface area contributed by atoms with E-state index in [1.165, 1.54) is 6.07 Å². The van der Waals surface area contributed by atoms with Crippen molar-refractivity contribution in [3.8, 4) is 11.3 Å². The van der Waals surface area contributed by atoms with Crippen molar-refractivity contribution < 1.29 is 15.1 Å². The van der Waals surface area contributed by atoms with Crippen molar-refractivity contribution in [2.75, 3.05) is 0 Å². The van der Waals surface area contributed by atoms with Crippen LogP contribution in [0.15, 0.2) is 35.1 Å². The van der Waals surface area contributed by atoms with Crippen LogP contribution in [0.5, 0.6) is 0 Å². The molecule has 1 atom stereocenters. The number of hydrogen-bond acceptors (Lipinski definition) is 3. The highest BCUT2D eigenvalue weighted by atomic mass is 16.5. The summed E-state index contributed by atoms with van der Waals surface area (Å²) < 4.78 is 0.466. The molecule has 3 rings (SSSR count). The van der Waals surface area contributed by atoms with Crippen molar-refractivity contribution >= 4 is 5.97 Å². The van der Waals surface area contributed by atoms with Crippen LogP contribution in [-0.4, -0.2) is 21.0 Å². The van der Waals surface area contributed by atoms with E-state index in [9.17, 15) is 14.8 Å². The van der Waals surface area contributed by atoms with Crippen LogP contribution < -0.4 is 5.56 Å². The molecule has 2 aromatic rings. The molecule has 0 radical (unpaired) electrons. The van der Waals surface area contributed by atoms with Crippen LogP contribution in [0.25, 0.3) is 11.3 Å². The number of benzene rings is 1. The number of carboxylic acid groups (broad SMARTS) is 1. The molecule has 1 aliphatic carbocycles. The van der Waals surface area contributed by atoms with Crippen LogP contribution in [0, 0.1) is 0 Å². The Morgan fingerprint density at radius 2 is 2.05 bits per heavy atom. The minimum Gasteiger partial charge on any atom is -0.477 e. The van der Waals surface area contributed by atoms with Gasteiger partial charge in [-0.3, -0.25) is 4.79 Å². The normalized spacial score (nSPS) is 16.4. The number of hydrogen-bond donors (Lipinski definition) is 2. The lowest BCUT2D eigenvalue weighted by Gasteiger charge is -2.26. The summed E-state index contributed by atoms with van der Waals surface area (Å²) in [6.07, 6.45) is 0.750. The predicted molar refractivity (Wildman–Crippen MR) is 72.4 cm³/mol. The summed E-state index contributed by atoms with van der Waals surface area (Å²) in [5.41, 5.74) is 1.59. The molecule has 1 aliphatic rings. The lowest BCUT2D eigenvalue weighted by molar-refractivity contribution is 0.0688. The Kier molecular flexibility index (Phi) is 2.64. The van der Waals surface area contributed by atoms with Gasteiger partial charge >= 0.3 is 5.97 Å². The second kappa shape index (κ2) is 4.23. The fourth-order valence-corrected chi connectivity index (χ4v) is 2.79. The smallest absolute Gasteiger partial charge is 0.341 e. The van der Waals surface area contributed by atoms with Gasteiger partial charge in [-0.2, -0.15) is 0 Å². The second-order valence-electron chi connectivity index (χ2n) is 5.05. The SMILES string of the molecule is CC1Cc2ccccc2-c2c1cc(C(=O)O)c(=O)n2O. The highest BCUT2D eigenvalue weighted by molar-refractivity contribution is 5.88. The van der Waals surface area contributed by atoms with E-state index in [0.717, 1.165) is 17.5 Å². The van der Waals surface area contributed by atoms with Gasteiger partial charge in [-0.25, -0.2) is 4.79 Å². The zero-order chi connectivity index (χ0) is 14.4. The largest absolute Gasteiger partial charge is 0.477 e. The Morgan fingerprint density at radius 3 is 2.75 bits per heavy atom. The summed E-state index contributed by atoms with van der Waals surface area (Å²) in [6.45, 7) is 1.95. The van der Waals surface area contributed by atoms with Gasteiger partial charge in [-0.1, -0.05) is 31.2 Å². The van der Waals surface area contributed by atoms with Gasteiger partial charge in [-0.15, -0.1) is 4.73 Å². The Labute approximate surface area is 114 Å². The molecule has 0 aliphatic heterocycles. The molecule has 0 amide bonds. The lowest BCUT2D eigenvalue weighted by Crippen LogP contribution is -2.29. The van der Waals surface area contributed by atoms with Crippen molar-refractivity contribution in [2.45, 2.75) is 19.3 Å². The summed E-state index contributed by atoms with van der Waals surface area (Å²) in [6, 6.07) is 8.89. The zero-order valence-electron chi connectivity index (χ0n) is 10.8. The van der Waals surface area contributed by atoms with Crippen LogP contribution >= 0.6 is 0 Å². The number of nitrogens with zero attached hydrogens (tertiary/aromatic N) is 1. The Balaban J connectivity index is 2.40. The summed E-state index contributed by atoms with van der Waals surface area (Å²) >= 11 is 0. The molecule has 0 bridgehead atoms. The van der Waals surface area contributed by atoms with Gasteiger partial charge in [0.25, 0.3) is 5.56 Å². The van der Waals surface area contributed by atoms with Gasteiger partial charge in [0.15, 0.2) is 0 Å². The molecule has 1 heterocycles. The van der Waals surface area contributed by atoms with Gasteiger partial charge in [0, 0.05) is 5.56 Å². The topological polar surface area (TPSA) is 79.5 Å². The summed E-state index contributed by atoms with van der Waals surface area (Å²) in [5.74, 6) is -1.29. The van der Waals surface area contributed by atoms with Gasteiger partial charge in [-0.05, 0) is 29.5 Å². The number of aromatic nitrogens is 1. The van der Waals surface area contributed by atoms with Crippen LogP contribution in [0.4, 0.5) is 0 Å². The first kappa shape index (κ1) is 12.5. The van der Waals surface area contributed by atoms with E-state index in [-0.39, 0.29) is 5.92 Å². The molecule has 1 aromatic carbocycles. The predicted octanol–water partition coefficient (Wildman–Crippen LogP) is 2.11. The van der Waals surface area contributed by atoms with E-state index in [0.29, 0.717) is 16.0 Å². The minimum absolute atomic E-state index is 0.0389. The molecule has 1 unspecified atom stereocenters. The third-order valence-electron chi connectivity index (χ3n) is 3.77. The van der Waals surface area contributed by atoms with E-state index in [2.05, 4.69) is 0 Å². The standard InChI is InChI=1S/C15H13NO4/c1-8-6-9-4-2-3-5-10(9)13-11(8)7-12(15(18)19)14(17)16(13)20/h2-5,7-8,20H,6H2,1H3,(H,18,19). The maximum Gasteiger partial charge on any atom is 0.341 e. The van der Waals surface area contributed by atoms with Gasteiger partial charge in [0.2, 0.25) is 0 Å². The lowest BCUT2D eigenvalue weighted by atomic mass is 9.82. The van der Waals surface area contributed by atoms with E-state index >= 15 is 0 Å². The average Bonchev–Trinajstić information content (AvgIpc) is 2.42. The number of pyridine rings is 1. The number of aromatic carboxylic acids is 1. The molecule has 0 fully saturated rings. The van der Waals surface area contributed by atoms with Crippen molar-refractivity contribution in [3.63, 3.8) is 0 Å². The Morgan fingerprint density at radius 1 is 1.35 bits per heavy atom. The maximum absolute atomic E-state index is 11.9. The molecule has 5 nitrogen and oxygen atoms in total. The number of carboxylic acids is 1. The summed E-state index contributed by atoms with van der Waals surface area (Å²) in [7, 11) is 0. The van der Waals surface area contributed by atoms with Gasteiger partial charge in [0.1, 0.15) is 5.56 Å². The van der Waals surface area contributed by atoms with Gasteiger partial charge < -0.3 is 10.3 Å². The minimum atomic E-state index is -1.33. The fraction of sp³-hybridized carbons (Fsp3) is 0.200. The van der Waals surface area contributed by atoms with E-state index < -0.39 is 17.1 Å². The van der Waals surface area contributed by atoms with E-state index in [1.807, 2.05) is 31.2 Å². The molecule has 0 saturated heterocycles. The first-order valence-electron chi connectivity index (χ1n) is 6.31. The second-order valence-corrected chi connectivity index (χ2v) is 5.05. The molecule has 2 N–H and O–H groups in total. The third-order valence-corrected chi connectivity index (χ3v) is 3.77. The number of fused-ring (bicyclic) bond motifs is 3. The number of carbonyl (C=O) groups is 1. The van der Waals surface area contributed by atoms with E-state index in [1.54, 1.807) is 0 Å². The monoisotopic (exact) mass is 271 g/mol. The van der Waals surface area contributed by atoms with E-state index in [4.69, 9.17) is 5.11 Å². The molecule has 102 valence electrons. The highest BCUT2D eigenvalue weighted by Crippen LogP contribution is 2.38. The van der Waals surface area contributed by atoms with Crippen LogP contribution in [0.3, 0.4) is 0 Å². The maximum atomic E-state index is 11.9. The summed E-state index contributed by atoms with van der Waals surface area (Å²) in [4.78, 5) is 23.0. The molecular formula is C15H13NO4. The van der Waals surface area contributed by atoms with Crippen molar-refractivity contribution in [2.24, 2.45) is 0 Å². The molecule has 1 aromatic heterocycles. The Bertz CT molecular complexity index is 776.